The lowest BCUT2D eigenvalue weighted by Gasteiger charge is -2.73. The molecule has 0 aliphatic heterocycles. The SMILES string of the molecule is CC(C)[C@@H]1CC[C@]2(COC(=O)CCC[n+]3ccc(N(C)C)cc3)CC[C@]3(C)C(CCC4[C@@]5(C)CC[C@H](OC(=O)CCC[n+]6ccc(N(C)C)cc6)C(C)(C)C5CC[C@]43C)C12. The Morgan fingerprint density at radius 3 is 1.83 bits per heavy atom. The normalized spacial score (nSPS) is 35.4. The summed E-state index contributed by atoms with van der Waals surface area (Å²) >= 11 is 0. The smallest absolute Gasteiger partial charge is 0.306 e. The van der Waals surface area contributed by atoms with Gasteiger partial charge in [-0.2, -0.15) is 0 Å². The summed E-state index contributed by atoms with van der Waals surface area (Å²) in [7, 11) is 8.22. The minimum absolute atomic E-state index is 0.0224. The van der Waals surface area contributed by atoms with Gasteiger partial charge in [-0.05, 0) is 116 Å². The molecule has 0 N–H and O–H groups in total. The number of hydrogen-bond donors (Lipinski definition) is 0. The van der Waals surface area contributed by atoms with Crippen LogP contribution in [0, 0.1) is 62.6 Å². The number of ether oxygens (including phenoxy) is 2. The number of carbonyl (C=O) groups is 2. The van der Waals surface area contributed by atoms with Crippen LogP contribution in [0.5, 0.6) is 0 Å². The van der Waals surface area contributed by atoms with Gasteiger partial charge in [-0.3, -0.25) is 9.59 Å². The molecule has 8 heteroatoms. The van der Waals surface area contributed by atoms with Gasteiger partial charge in [0.1, 0.15) is 19.2 Å². The van der Waals surface area contributed by atoms with Crippen molar-refractivity contribution in [3.8, 4) is 0 Å². The molecule has 0 saturated heterocycles. The monoisotopic (exact) mass is 827 g/mol. The van der Waals surface area contributed by atoms with Gasteiger partial charge in [-0.15, -0.1) is 0 Å². The largest absolute Gasteiger partial charge is 0.465 e. The maximum atomic E-state index is 13.4. The zero-order chi connectivity index (χ0) is 43.3. The van der Waals surface area contributed by atoms with E-state index in [0.717, 1.165) is 38.8 Å². The van der Waals surface area contributed by atoms with E-state index in [2.05, 4.69) is 145 Å². The molecule has 5 saturated carbocycles. The van der Waals surface area contributed by atoms with Crippen molar-refractivity contribution < 1.29 is 28.2 Å². The van der Waals surface area contributed by atoms with Gasteiger partial charge < -0.3 is 19.3 Å². The van der Waals surface area contributed by atoms with Crippen molar-refractivity contribution in [1.29, 1.82) is 0 Å². The van der Waals surface area contributed by atoms with E-state index < -0.39 is 0 Å². The van der Waals surface area contributed by atoms with Gasteiger partial charge in [0.2, 0.25) is 0 Å². The Hall–Kier alpha value is -3.16. The molecule has 60 heavy (non-hydrogen) atoms. The highest BCUT2D eigenvalue weighted by atomic mass is 16.5. The molecule has 0 bridgehead atoms. The lowest BCUT2D eigenvalue weighted by Crippen LogP contribution is -2.67. The third-order valence-corrected chi connectivity index (χ3v) is 18.6. The van der Waals surface area contributed by atoms with Gasteiger partial charge >= 0.3 is 11.9 Å². The molecule has 5 aliphatic carbocycles. The van der Waals surface area contributed by atoms with Gasteiger partial charge in [0.15, 0.2) is 24.8 Å². The Morgan fingerprint density at radius 2 is 1.27 bits per heavy atom. The van der Waals surface area contributed by atoms with Gasteiger partial charge in [-0.1, -0.05) is 48.5 Å². The number of hydrogen-bond acceptors (Lipinski definition) is 6. The van der Waals surface area contributed by atoms with Crippen LogP contribution in [0.4, 0.5) is 11.4 Å². The van der Waals surface area contributed by atoms with Crippen molar-refractivity contribution in [1.82, 2.24) is 0 Å². The average molecular weight is 827 g/mol. The van der Waals surface area contributed by atoms with Crippen molar-refractivity contribution in [3.05, 3.63) is 49.1 Å². The van der Waals surface area contributed by atoms with Crippen molar-refractivity contribution in [2.75, 3.05) is 44.6 Å². The van der Waals surface area contributed by atoms with E-state index in [1.807, 2.05) is 0 Å². The van der Waals surface area contributed by atoms with Gasteiger partial charge in [0, 0.05) is 87.5 Å². The molecule has 4 unspecified atom stereocenters. The standard InChI is InChI=1S/C52H82N4O4/c1-37(2)40-18-27-52(36-59-45(57)14-12-30-55-32-21-38(22-33-55)53(8)9)29-28-50(6)41(47(40)52)16-17-43-49(5)25-20-44(48(3,4)42(49)19-26-51(43,50)7)60-46(58)15-13-31-56-34-23-39(24-35-56)54(10)11/h21-24,32-35,37,40-44,47H,12-20,25-31,36H2,1-11H3/q+2/t40-,41?,42?,43?,44-,47?,49-,50+,51+,52+/m0/s1. The molecule has 2 heterocycles. The number of rotatable bonds is 14. The number of fused-ring (bicyclic) bond motifs is 7. The lowest BCUT2D eigenvalue weighted by molar-refractivity contribution is -0.697. The summed E-state index contributed by atoms with van der Waals surface area (Å²) in [6.07, 6.45) is 23.0. The molecule has 10 atom stereocenters. The van der Waals surface area contributed by atoms with Crippen LogP contribution in [0.25, 0.3) is 0 Å². The van der Waals surface area contributed by atoms with E-state index in [1.165, 1.54) is 62.7 Å². The first kappa shape index (κ1) is 44.9. The minimum Gasteiger partial charge on any atom is -0.465 e. The topological polar surface area (TPSA) is 66.8 Å². The highest BCUT2D eigenvalue weighted by Gasteiger charge is 2.71. The van der Waals surface area contributed by atoms with Crippen LogP contribution in [0.15, 0.2) is 49.1 Å². The fourth-order valence-corrected chi connectivity index (χ4v) is 15.1. The summed E-state index contributed by atoms with van der Waals surface area (Å²) in [6.45, 7) is 20.1. The number of aryl methyl sites for hydroxylation is 2. The Labute approximate surface area is 364 Å². The van der Waals surface area contributed by atoms with E-state index >= 15 is 0 Å². The number of nitrogens with zero attached hydrogens (tertiary/aromatic N) is 4. The second kappa shape index (κ2) is 17.2. The van der Waals surface area contributed by atoms with Gasteiger partial charge in [0.25, 0.3) is 0 Å². The molecule has 7 rings (SSSR count). The highest BCUT2D eigenvalue weighted by Crippen LogP contribution is 2.77. The summed E-state index contributed by atoms with van der Waals surface area (Å²) in [5.41, 5.74) is 3.15. The van der Waals surface area contributed by atoms with Crippen molar-refractivity contribution in [2.45, 2.75) is 158 Å². The first-order valence-corrected chi connectivity index (χ1v) is 24.0. The number of carbonyl (C=O) groups excluding carboxylic acids is 2. The lowest BCUT2D eigenvalue weighted by atomic mass is 9.32. The molecule has 5 fully saturated rings. The maximum absolute atomic E-state index is 13.4. The van der Waals surface area contributed by atoms with Crippen molar-refractivity contribution in [3.63, 3.8) is 0 Å². The molecule has 332 valence electrons. The first-order valence-electron chi connectivity index (χ1n) is 24.0. The molecule has 0 radical (unpaired) electrons. The van der Waals surface area contributed by atoms with E-state index in [-0.39, 0.29) is 45.1 Å². The molecule has 8 nitrogen and oxygen atoms in total. The second-order valence-electron chi connectivity index (χ2n) is 22.6. The quantitative estimate of drug-likeness (QED) is 0.140. The molecule has 5 aliphatic rings. The highest BCUT2D eigenvalue weighted by molar-refractivity contribution is 5.69. The molecular weight excluding hydrogens is 745 g/mol. The number of aromatic nitrogens is 2. The van der Waals surface area contributed by atoms with E-state index in [1.54, 1.807) is 0 Å². The van der Waals surface area contributed by atoms with Crippen LogP contribution >= 0.6 is 0 Å². The molecule has 2 aromatic heterocycles. The first-order chi connectivity index (χ1) is 28.3. The minimum atomic E-state index is -0.0618. The Kier molecular flexibility index (Phi) is 12.9. The van der Waals surface area contributed by atoms with Gasteiger partial charge in [-0.25, -0.2) is 9.13 Å². The summed E-state index contributed by atoms with van der Waals surface area (Å²) in [5.74, 6) is 3.74. The Balaban J connectivity index is 0.989. The third kappa shape index (κ3) is 8.13. The zero-order valence-corrected chi connectivity index (χ0v) is 39.6. The van der Waals surface area contributed by atoms with Crippen LogP contribution in [0.2, 0.25) is 0 Å². The molecule has 0 spiro atoms. The summed E-state index contributed by atoms with van der Waals surface area (Å²) in [5, 5.41) is 0. The maximum Gasteiger partial charge on any atom is 0.306 e. The van der Waals surface area contributed by atoms with Crippen LogP contribution in [-0.4, -0.2) is 52.8 Å². The predicted octanol–water partition coefficient (Wildman–Crippen LogP) is 9.85. The third-order valence-electron chi connectivity index (χ3n) is 18.6. The summed E-state index contributed by atoms with van der Waals surface area (Å²) in [6, 6.07) is 8.49. The Morgan fingerprint density at radius 1 is 0.683 bits per heavy atom. The van der Waals surface area contributed by atoms with E-state index in [0.29, 0.717) is 55.0 Å². The number of esters is 2. The van der Waals surface area contributed by atoms with E-state index in [9.17, 15) is 9.59 Å². The van der Waals surface area contributed by atoms with Gasteiger partial charge in [0.05, 0.1) is 19.4 Å². The fraction of sp³-hybridized carbons (Fsp3) is 0.769. The summed E-state index contributed by atoms with van der Waals surface area (Å²) in [4.78, 5) is 31.0. The number of anilines is 2. The second-order valence-corrected chi connectivity index (χ2v) is 22.6. The average Bonchev–Trinajstić information content (AvgIpc) is 3.59. The molecule has 0 amide bonds. The van der Waals surface area contributed by atoms with Crippen LogP contribution < -0.4 is 18.9 Å². The van der Waals surface area contributed by atoms with E-state index in [4.69, 9.17) is 9.47 Å². The molecular formula is C52H82N4O4+2. The van der Waals surface area contributed by atoms with Crippen molar-refractivity contribution >= 4 is 23.3 Å². The summed E-state index contributed by atoms with van der Waals surface area (Å²) < 4.78 is 17.1. The van der Waals surface area contributed by atoms with Crippen LogP contribution in [0.1, 0.15) is 138 Å². The van der Waals surface area contributed by atoms with Crippen molar-refractivity contribution in [2.24, 2.45) is 62.6 Å². The predicted molar refractivity (Wildman–Crippen MR) is 240 cm³/mol. The number of pyridine rings is 2. The molecule has 2 aromatic rings. The van der Waals surface area contributed by atoms with Crippen LogP contribution in [-0.2, 0) is 32.2 Å². The molecule has 0 aromatic carbocycles. The van der Waals surface area contributed by atoms with Crippen LogP contribution in [0.3, 0.4) is 0 Å². The zero-order valence-electron chi connectivity index (χ0n) is 39.6. The fourth-order valence-electron chi connectivity index (χ4n) is 15.1. The Bertz CT molecular complexity index is 1810.